The molecular weight excluding hydrogens is 343 g/mol. The van der Waals surface area contributed by atoms with Crippen LogP contribution in [0, 0.1) is 0 Å². The molecule has 0 heterocycles. The van der Waals surface area contributed by atoms with Crippen molar-refractivity contribution in [3.05, 3.63) is 70.7 Å². The van der Waals surface area contributed by atoms with E-state index in [9.17, 15) is 23.1 Å². The second-order valence-corrected chi connectivity index (χ2v) is 5.65. The van der Waals surface area contributed by atoms with Crippen LogP contribution in [-0.2, 0) is 11.2 Å². The lowest BCUT2D eigenvalue weighted by atomic mass is 10.0. The first-order chi connectivity index (χ1) is 11.3. The highest BCUT2D eigenvalue weighted by Gasteiger charge is 2.42. The first-order valence-corrected chi connectivity index (χ1v) is 7.50. The highest BCUT2D eigenvalue weighted by Crippen LogP contribution is 2.33. The topological polar surface area (TPSA) is 49.3 Å². The van der Waals surface area contributed by atoms with Crippen molar-refractivity contribution in [2.75, 3.05) is 0 Å². The number of hydrogen-bond donors (Lipinski definition) is 2. The van der Waals surface area contributed by atoms with Gasteiger partial charge in [-0.15, -0.1) is 0 Å². The Morgan fingerprint density at radius 3 is 2.21 bits per heavy atom. The number of halogens is 4. The zero-order chi connectivity index (χ0) is 17.7. The summed E-state index contributed by atoms with van der Waals surface area (Å²) in [5.74, 6) is -1.37. The molecule has 0 amide bonds. The second-order valence-electron chi connectivity index (χ2n) is 5.24. The maximum Gasteiger partial charge on any atom is 0.407 e. The zero-order valence-corrected chi connectivity index (χ0v) is 13.2. The van der Waals surface area contributed by atoms with Gasteiger partial charge < -0.3 is 5.11 Å². The van der Waals surface area contributed by atoms with Gasteiger partial charge in [-0.1, -0.05) is 60.1 Å². The number of rotatable bonds is 6. The molecule has 0 aliphatic carbocycles. The summed E-state index contributed by atoms with van der Waals surface area (Å²) in [5.41, 5.74) is 0.420. The summed E-state index contributed by atoms with van der Waals surface area (Å²) in [4.78, 5) is 11.4. The van der Waals surface area contributed by atoms with E-state index < -0.39 is 24.2 Å². The molecule has 0 saturated carbocycles. The molecule has 1 unspecified atom stereocenters. The Morgan fingerprint density at radius 2 is 1.67 bits per heavy atom. The standard InChI is InChI=1S/C17H15ClF3NO2/c18-13-9-5-4-8-12(13)10-14(16(23)24)22-15(17(19,20)21)11-6-2-1-3-7-11/h1-9,14-15,22H,10H2,(H,23,24)/t14?,15-/m0/s1. The summed E-state index contributed by atoms with van der Waals surface area (Å²) < 4.78 is 40.1. The molecule has 2 aromatic carbocycles. The highest BCUT2D eigenvalue weighted by molar-refractivity contribution is 6.31. The third kappa shape index (κ3) is 4.72. The van der Waals surface area contributed by atoms with Gasteiger partial charge in [-0.3, -0.25) is 10.1 Å². The zero-order valence-electron chi connectivity index (χ0n) is 12.4. The Bertz CT molecular complexity index is 692. The largest absolute Gasteiger partial charge is 0.480 e. The van der Waals surface area contributed by atoms with Gasteiger partial charge in [0.1, 0.15) is 12.1 Å². The van der Waals surface area contributed by atoms with Crippen molar-refractivity contribution in [3.8, 4) is 0 Å². The van der Waals surface area contributed by atoms with E-state index in [1.807, 2.05) is 0 Å². The molecule has 2 rings (SSSR count). The van der Waals surface area contributed by atoms with Crippen LogP contribution in [-0.4, -0.2) is 23.3 Å². The molecule has 128 valence electrons. The fourth-order valence-electron chi connectivity index (χ4n) is 2.33. The summed E-state index contributed by atoms with van der Waals surface area (Å²) in [6, 6.07) is 10.1. The van der Waals surface area contributed by atoms with Crippen LogP contribution in [0.3, 0.4) is 0 Å². The maximum atomic E-state index is 13.4. The third-order valence-electron chi connectivity index (χ3n) is 3.51. The summed E-state index contributed by atoms with van der Waals surface area (Å²) >= 11 is 5.97. The Kier molecular flexibility index (Phi) is 5.85. The van der Waals surface area contributed by atoms with Crippen LogP contribution in [0.2, 0.25) is 5.02 Å². The number of carboxylic acid groups (broad SMARTS) is 1. The molecule has 2 N–H and O–H groups in total. The molecule has 7 heteroatoms. The number of carboxylic acids is 1. The molecule has 2 aromatic rings. The highest BCUT2D eigenvalue weighted by atomic mass is 35.5. The van der Waals surface area contributed by atoms with Crippen molar-refractivity contribution in [2.45, 2.75) is 24.7 Å². The van der Waals surface area contributed by atoms with Gasteiger partial charge in [-0.05, 0) is 23.6 Å². The normalized spacial score (nSPS) is 14.2. The summed E-state index contributed by atoms with van der Waals surface area (Å²) in [5, 5.41) is 11.8. The smallest absolute Gasteiger partial charge is 0.407 e. The quantitative estimate of drug-likeness (QED) is 0.813. The number of carbonyl (C=O) groups is 1. The van der Waals surface area contributed by atoms with E-state index in [4.69, 9.17) is 11.6 Å². The lowest BCUT2D eigenvalue weighted by molar-refractivity contribution is -0.163. The van der Waals surface area contributed by atoms with E-state index in [1.54, 1.807) is 30.3 Å². The van der Waals surface area contributed by atoms with E-state index >= 15 is 0 Å². The van der Waals surface area contributed by atoms with Crippen LogP contribution in [0.4, 0.5) is 13.2 Å². The minimum absolute atomic E-state index is 0.0459. The van der Waals surface area contributed by atoms with Crippen molar-refractivity contribution < 1.29 is 23.1 Å². The van der Waals surface area contributed by atoms with Gasteiger partial charge in [0.2, 0.25) is 0 Å². The predicted octanol–water partition coefficient (Wildman–Crippen LogP) is 4.23. The number of benzene rings is 2. The first kappa shape index (κ1) is 18.3. The van der Waals surface area contributed by atoms with E-state index in [1.165, 1.54) is 24.3 Å². The first-order valence-electron chi connectivity index (χ1n) is 7.13. The molecule has 0 radical (unpaired) electrons. The number of nitrogens with one attached hydrogen (secondary N) is 1. The van der Waals surface area contributed by atoms with Crippen molar-refractivity contribution in [1.29, 1.82) is 0 Å². The average Bonchev–Trinajstić information content (AvgIpc) is 2.52. The van der Waals surface area contributed by atoms with Gasteiger partial charge in [0, 0.05) is 5.02 Å². The predicted molar refractivity (Wildman–Crippen MR) is 85.0 cm³/mol. The molecule has 0 saturated heterocycles. The van der Waals surface area contributed by atoms with Crippen molar-refractivity contribution in [1.82, 2.24) is 5.32 Å². The van der Waals surface area contributed by atoms with Crippen molar-refractivity contribution >= 4 is 17.6 Å². The van der Waals surface area contributed by atoms with Crippen LogP contribution in [0.25, 0.3) is 0 Å². The fourth-order valence-corrected chi connectivity index (χ4v) is 2.54. The molecule has 0 spiro atoms. The van der Waals surface area contributed by atoms with E-state index in [0.29, 0.717) is 10.6 Å². The molecule has 0 aliphatic rings. The molecule has 0 fully saturated rings. The fraction of sp³-hybridized carbons (Fsp3) is 0.235. The van der Waals surface area contributed by atoms with E-state index in [2.05, 4.69) is 5.32 Å². The molecule has 24 heavy (non-hydrogen) atoms. The van der Waals surface area contributed by atoms with Crippen molar-refractivity contribution in [2.24, 2.45) is 0 Å². The minimum atomic E-state index is -4.63. The lowest BCUT2D eigenvalue weighted by Crippen LogP contribution is -2.45. The lowest BCUT2D eigenvalue weighted by Gasteiger charge is -2.26. The minimum Gasteiger partial charge on any atom is -0.480 e. The molecule has 2 atom stereocenters. The van der Waals surface area contributed by atoms with Crippen LogP contribution in [0.15, 0.2) is 54.6 Å². The average molecular weight is 358 g/mol. The molecule has 0 aliphatic heterocycles. The third-order valence-corrected chi connectivity index (χ3v) is 3.88. The van der Waals surface area contributed by atoms with Crippen LogP contribution in [0.5, 0.6) is 0 Å². The van der Waals surface area contributed by atoms with Crippen LogP contribution in [0.1, 0.15) is 17.2 Å². The van der Waals surface area contributed by atoms with Crippen molar-refractivity contribution in [3.63, 3.8) is 0 Å². The molecule has 0 bridgehead atoms. The Hall–Kier alpha value is -2.05. The number of hydrogen-bond acceptors (Lipinski definition) is 2. The SMILES string of the molecule is O=C(O)C(Cc1ccccc1Cl)N[C@@H](c1ccccc1)C(F)(F)F. The summed E-state index contributed by atoms with van der Waals surface area (Å²) in [7, 11) is 0. The molecule has 3 nitrogen and oxygen atoms in total. The molecular formula is C17H15ClF3NO2. The Balaban J connectivity index is 2.27. The number of aliphatic carboxylic acids is 1. The number of alkyl halides is 3. The monoisotopic (exact) mass is 357 g/mol. The summed E-state index contributed by atoms with van der Waals surface area (Å²) in [6.07, 6.45) is -4.79. The molecule has 0 aromatic heterocycles. The Labute approximate surface area is 142 Å². The second kappa shape index (κ2) is 7.68. The van der Waals surface area contributed by atoms with Gasteiger partial charge >= 0.3 is 12.1 Å². The Morgan fingerprint density at radius 1 is 1.08 bits per heavy atom. The maximum absolute atomic E-state index is 13.4. The van der Waals surface area contributed by atoms with Gasteiger partial charge in [-0.25, -0.2) is 0 Å². The van der Waals surface area contributed by atoms with Crippen LogP contribution >= 0.6 is 11.6 Å². The van der Waals surface area contributed by atoms with E-state index in [-0.39, 0.29) is 12.0 Å². The van der Waals surface area contributed by atoms with Gasteiger partial charge in [0.25, 0.3) is 0 Å². The van der Waals surface area contributed by atoms with Gasteiger partial charge in [0.05, 0.1) is 0 Å². The van der Waals surface area contributed by atoms with Crippen LogP contribution < -0.4 is 5.32 Å². The van der Waals surface area contributed by atoms with E-state index in [0.717, 1.165) is 0 Å². The van der Waals surface area contributed by atoms with Gasteiger partial charge in [-0.2, -0.15) is 13.2 Å². The van der Waals surface area contributed by atoms with Gasteiger partial charge in [0.15, 0.2) is 0 Å². The summed E-state index contributed by atoms with van der Waals surface area (Å²) in [6.45, 7) is 0.